The van der Waals surface area contributed by atoms with E-state index in [0.717, 1.165) is 55.3 Å². The van der Waals surface area contributed by atoms with Gasteiger partial charge in [-0.3, -0.25) is 0 Å². The molecule has 1 aliphatic heterocycles. The van der Waals surface area contributed by atoms with Crippen molar-refractivity contribution in [2.75, 3.05) is 32.8 Å². The first-order chi connectivity index (χ1) is 13.2. The summed E-state index contributed by atoms with van der Waals surface area (Å²) < 4.78 is 5.50. The number of ether oxygens (including phenoxy) is 1. The molecule has 1 heterocycles. The van der Waals surface area contributed by atoms with Crippen molar-refractivity contribution in [3.63, 3.8) is 0 Å². The maximum atomic E-state index is 11.5. The summed E-state index contributed by atoms with van der Waals surface area (Å²) >= 11 is 6.00. The highest BCUT2D eigenvalue weighted by Gasteiger charge is 2.25. The molecule has 7 heteroatoms. The number of hydrazone groups is 1. The first-order valence-corrected chi connectivity index (χ1v) is 9.64. The van der Waals surface area contributed by atoms with Gasteiger partial charge in [0.1, 0.15) is 0 Å². The van der Waals surface area contributed by atoms with Crippen LogP contribution in [0.3, 0.4) is 0 Å². The Labute approximate surface area is 164 Å². The number of rotatable bonds is 5. The molecular formula is C20H25ClN4O2. The molecule has 0 bridgehead atoms. The fourth-order valence-electron chi connectivity index (χ4n) is 3.30. The molecule has 6 nitrogen and oxygen atoms in total. The Morgan fingerprint density at radius 3 is 2.70 bits per heavy atom. The third-order valence-electron chi connectivity index (χ3n) is 4.53. The molecule has 2 aliphatic rings. The van der Waals surface area contributed by atoms with Gasteiger partial charge in [0.05, 0.1) is 19.4 Å². The molecule has 1 aromatic rings. The summed E-state index contributed by atoms with van der Waals surface area (Å²) in [5, 5.41) is 7.52. The molecule has 0 aromatic heterocycles. The smallest absolute Gasteiger partial charge is 0.335 e. The van der Waals surface area contributed by atoms with E-state index in [-0.39, 0.29) is 6.03 Å². The van der Waals surface area contributed by atoms with Crippen molar-refractivity contribution in [2.24, 2.45) is 5.10 Å². The van der Waals surface area contributed by atoms with Gasteiger partial charge in [0.15, 0.2) is 0 Å². The number of morpholine rings is 1. The molecule has 0 unspecified atom stereocenters. The molecule has 0 radical (unpaired) electrons. The number of benzene rings is 1. The van der Waals surface area contributed by atoms with Crippen LogP contribution in [0.15, 0.2) is 46.2 Å². The van der Waals surface area contributed by atoms with E-state index in [4.69, 9.17) is 16.3 Å². The minimum Gasteiger partial charge on any atom is -0.378 e. The summed E-state index contributed by atoms with van der Waals surface area (Å²) in [4.78, 5) is 13.9. The highest BCUT2D eigenvalue weighted by molar-refractivity contribution is 6.30. The van der Waals surface area contributed by atoms with E-state index in [2.05, 4.69) is 26.8 Å². The number of urea groups is 1. The zero-order valence-corrected chi connectivity index (χ0v) is 16.3. The number of allylic oxidation sites excluding steroid dienone is 2. The molecule has 2 N–H and O–H groups in total. The average molecular weight is 389 g/mol. The lowest BCUT2D eigenvalue weighted by Crippen LogP contribution is -2.36. The van der Waals surface area contributed by atoms with E-state index in [1.807, 2.05) is 31.2 Å². The quantitative estimate of drug-likeness (QED) is 0.600. The van der Waals surface area contributed by atoms with Gasteiger partial charge in [-0.05, 0) is 54.7 Å². The number of nitrogens with zero attached hydrogens (tertiary/aromatic N) is 2. The fourth-order valence-corrected chi connectivity index (χ4v) is 3.43. The Morgan fingerprint density at radius 1 is 1.26 bits per heavy atom. The Bertz CT molecular complexity index is 750. The van der Waals surface area contributed by atoms with Crippen molar-refractivity contribution in [3.8, 4) is 0 Å². The number of hydrogen-bond donors (Lipinski definition) is 2. The Balaban J connectivity index is 1.84. The predicted octanol–water partition coefficient (Wildman–Crippen LogP) is 3.41. The molecule has 1 fully saturated rings. The van der Waals surface area contributed by atoms with Crippen LogP contribution < -0.4 is 10.7 Å². The van der Waals surface area contributed by atoms with Gasteiger partial charge in [-0.1, -0.05) is 23.7 Å². The number of amides is 2. The van der Waals surface area contributed by atoms with Crippen molar-refractivity contribution >= 4 is 29.9 Å². The summed E-state index contributed by atoms with van der Waals surface area (Å²) in [6.45, 7) is 5.59. The number of carbonyl (C=O) groups is 1. The standard InChI is InChI=1S/C20H25ClN4O2/c1-2-22-20(26)24-23-14-17-6-5-16(13-15-3-7-18(21)8-4-15)19(17)25-9-11-27-12-10-25/h3-4,7-8,13-14H,2,5-6,9-12H2,1H3,(H2,22,24,26)/b16-13-,23-14?. The monoisotopic (exact) mass is 388 g/mol. The zero-order valence-electron chi connectivity index (χ0n) is 15.5. The van der Waals surface area contributed by atoms with Crippen molar-refractivity contribution in [3.05, 3.63) is 51.7 Å². The highest BCUT2D eigenvalue weighted by atomic mass is 35.5. The van der Waals surface area contributed by atoms with Gasteiger partial charge in [0.2, 0.25) is 0 Å². The maximum Gasteiger partial charge on any atom is 0.335 e. The summed E-state index contributed by atoms with van der Waals surface area (Å²) in [5.74, 6) is 0. The topological polar surface area (TPSA) is 66.0 Å². The van der Waals surface area contributed by atoms with Crippen molar-refractivity contribution < 1.29 is 9.53 Å². The molecule has 144 valence electrons. The lowest BCUT2D eigenvalue weighted by molar-refractivity contribution is 0.0548. The second-order valence-electron chi connectivity index (χ2n) is 6.42. The molecule has 1 aromatic carbocycles. The van der Waals surface area contributed by atoms with Crippen molar-refractivity contribution in [2.45, 2.75) is 19.8 Å². The maximum absolute atomic E-state index is 11.5. The third kappa shape index (κ3) is 5.34. The summed E-state index contributed by atoms with van der Waals surface area (Å²) in [7, 11) is 0. The highest BCUT2D eigenvalue weighted by Crippen LogP contribution is 2.35. The van der Waals surface area contributed by atoms with Crippen LogP contribution in [0.1, 0.15) is 25.3 Å². The van der Waals surface area contributed by atoms with Gasteiger partial charge in [-0.15, -0.1) is 0 Å². The third-order valence-corrected chi connectivity index (χ3v) is 4.79. The summed E-state index contributed by atoms with van der Waals surface area (Å²) in [6.07, 6.45) is 5.81. The van der Waals surface area contributed by atoms with Gasteiger partial charge in [-0.2, -0.15) is 5.10 Å². The van der Waals surface area contributed by atoms with Crippen molar-refractivity contribution in [1.29, 1.82) is 0 Å². The van der Waals surface area contributed by atoms with Gasteiger partial charge < -0.3 is 15.0 Å². The molecule has 0 atom stereocenters. The van der Waals surface area contributed by atoms with E-state index in [9.17, 15) is 4.79 Å². The van der Waals surface area contributed by atoms with Crippen LogP contribution >= 0.6 is 11.6 Å². The van der Waals surface area contributed by atoms with E-state index < -0.39 is 0 Å². The van der Waals surface area contributed by atoms with Gasteiger partial charge in [-0.25, -0.2) is 10.2 Å². The van der Waals surface area contributed by atoms with Crippen LogP contribution in [-0.2, 0) is 4.74 Å². The minimum absolute atomic E-state index is 0.294. The van der Waals surface area contributed by atoms with Gasteiger partial charge in [0.25, 0.3) is 0 Å². The van der Waals surface area contributed by atoms with E-state index >= 15 is 0 Å². The van der Waals surface area contributed by atoms with Crippen molar-refractivity contribution in [1.82, 2.24) is 15.6 Å². The van der Waals surface area contributed by atoms with E-state index in [1.165, 1.54) is 11.3 Å². The lowest BCUT2D eigenvalue weighted by atomic mass is 10.1. The average Bonchev–Trinajstić information content (AvgIpc) is 3.07. The van der Waals surface area contributed by atoms with E-state index in [1.54, 1.807) is 6.21 Å². The molecule has 2 amide bonds. The Morgan fingerprint density at radius 2 is 2.00 bits per heavy atom. The molecular weight excluding hydrogens is 364 g/mol. The minimum atomic E-state index is -0.294. The number of nitrogens with one attached hydrogen (secondary N) is 2. The second-order valence-corrected chi connectivity index (χ2v) is 6.86. The first kappa shape index (κ1) is 19.5. The van der Waals surface area contributed by atoms with Crippen LogP contribution in [0.5, 0.6) is 0 Å². The molecule has 27 heavy (non-hydrogen) atoms. The molecule has 0 saturated carbocycles. The predicted molar refractivity (Wildman–Crippen MR) is 109 cm³/mol. The molecule has 1 saturated heterocycles. The van der Waals surface area contributed by atoms with Crippen LogP contribution in [-0.4, -0.2) is 50.0 Å². The fraction of sp³-hybridized carbons (Fsp3) is 0.400. The van der Waals surface area contributed by atoms with Crippen LogP contribution in [0.4, 0.5) is 4.79 Å². The SMILES string of the molecule is CCNC(=O)NN=CC1=C(N2CCOCC2)/C(=C\c2ccc(Cl)cc2)CC1. The Hall–Kier alpha value is -2.31. The summed E-state index contributed by atoms with van der Waals surface area (Å²) in [5.41, 5.74) is 7.25. The first-order valence-electron chi connectivity index (χ1n) is 9.26. The zero-order chi connectivity index (χ0) is 19.1. The summed E-state index contributed by atoms with van der Waals surface area (Å²) in [6, 6.07) is 7.56. The Kier molecular flexibility index (Phi) is 6.90. The van der Waals surface area contributed by atoms with Gasteiger partial charge in [0, 0.05) is 30.4 Å². The van der Waals surface area contributed by atoms with Crippen LogP contribution in [0.2, 0.25) is 5.02 Å². The number of carbonyl (C=O) groups excluding carboxylic acids is 1. The second kappa shape index (κ2) is 9.58. The molecule has 3 rings (SSSR count). The molecule has 0 spiro atoms. The van der Waals surface area contributed by atoms with Crippen LogP contribution in [0.25, 0.3) is 6.08 Å². The largest absolute Gasteiger partial charge is 0.378 e. The normalized spacial score (nSPS) is 19.2. The van der Waals surface area contributed by atoms with E-state index in [0.29, 0.717) is 6.54 Å². The molecule has 1 aliphatic carbocycles. The number of hydrogen-bond acceptors (Lipinski definition) is 4. The number of halogens is 1. The van der Waals surface area contributed by atoms with Crippen LogP contribution in [0, 0.1) is 0 Å². The van der Waals surface area contributed by atoms with Gasteiger partial charge >= 0.3 is 6.03 Å². The lowest BCUT2D eigenvalue weighted by Gasteiger charge is -2.31.